The second-order valence-electron chi connectivity index (χ2n) is 4.49. The SMILES string of the molecule is CC(NCCc1nnc2ccccn12)c1ccco1. The molecule has 1 atom stereocenters. The molecule has 3 aromatic heterocycles. The molecule has 0 amide bonds. The molecule has 0 saturated carbocycles. The standard InChI is InChI=1S/C14H16N4O/c1-11(12-5-4-10-19-12)15-8-7-14-17-16-13-6-2-3-9-18(13)14/h2-6,9-11,15H,7-8H2,1H3. The predicted molar refractivity (Wildman–Crippen MR) is 71.8 cm³/mol. The molecule has 0 spiro atoms. The second kappa shape index (κ2) is 5.24. The van der Waals surface area contributed by atoms with Gasteiger partial charge in [-0.15, -0.1) is 10.2 Å². The zero-order chi connectivity index (χ0) is 13.1. The maximum Gasteiger partial charge on any atom is 0.160 e. The molecule has 0 aliphatic carbocycles. The molecular weight excluding hydrogens is 240 g/mol. The van der Waals surface area contributed by atoms with Crippen LogP contribution >= 0.6 is 0 Å². The van der Waals surface area contributed by atoms with Crippen LogP contribution in [0.25, 0.3) is 5.65 Å². The molecule has 3 rings (SSSR count). The van der Waals surface area contributed by atoms with E-state index in [0.717, 1.165) is 30.2 Å². The number of aromatic nitrogens is 3. The minimum Gasteiger partial charge on any atom is -0.468 e. The van der Waals surface area contributed by atoms with Crippen molar-refractivity contribution >= 4 is 5.65 Å². The van der Waals surface area contributed by atoms with E-state index in [1.54, 1.807) is 6.26 Å². The summed E-state index contributed by atoms with van der Waals surface area (Å²) < 4.78 is 7.37. The second-order valence-corrected chi connectivity index (χ2v) is 4.49. The van der Waals surface area contributed by atoms with Gasteiger partial charge in [-0.25, -0.2) is 0 Å². The molecule has 0 aliphatic heterocycles. The molecule has 0 aliphatic rings. The van der Waals surface area contributed by atoms with Crippen LogP contribution in [0.15, 0.2) is 47.2 Å². The third-order valence-corrected chi connectivity index (χ3v) is 3.15. The first-order valence-corrected chi connectivity index (χ1v) is 6.40. The van der Waals surface area contributed by atoms with Crippen molar-refractivity contribution in [1.82, 2.24) is 19.9 Å². The van der Waals surface area contributed by atoms with Gasteiger partial charge in [0.25, 0.3) is 0 Å². The highest BCUT2D eigenvalue weighted by molar-refractivity contribution is 5.36. The Morgan fingerprint density at radius 1 is 1.26 bits per heavy atom. The van der Waals surface area contributed by atoms with Crippen molar-refractivity contribution in [2.45, 2.75) is 19.4 Å². The van der Waals surface area contributed by atoms with Crippen molar-refractivity contribution < 1.29 is 4.42 Å². The summed E-state index contributed by atoms with van der Waals surface area (Å²) in [7, 11) is 0. The van der Waals surface area contributed by atoms with Crippen LogP contribution < -0.4 is 5.32 Å². The van der Waals surface area contributed by atoms with Gasteiger partial charge in [0, 0.05) is 19.2 Å². The van der Waals surface area contributed by atoms with E-state index < -0.39 is 0 Å². The maximum atomic E-state index is 5.36. The molecule has 0 bridgehead atoms. The average Bonchev–Trinajstić information content (AvgIpc) is 3.08. The van der Waals surface area contributed by atoms with Crippen LogP contribution in [-0.4, -0.2) is 21.1 Å². The number of furan rings is 1. The quantitative estimate of drug-likeness (QED) is 0.760. The summed E-state index contributed by atoms with van der Waals surface area (Å²) in [6.07, 6.45) is 4.51. The molecule has 19 heavy (non-hydrogen) atoms. The highest BCUT2D eigenvalue weighted by Gasteiger charge is 2.08. The topological polar surface area (TPSA) is 55.4 Å². The van der Waals surface area contributed by atoms with Crippen LogP contribution in [0.2, 0.25) is 0 Å². The van der Waals surface area contributed by atoms with Crippen molar-refractivity contribution in [2.24, 2.45) is 0 Å². The molecule has 0 radical (unpaired) electrons. The van der Waals surface area contributed by atoms with Crippen LogP contribution in [0, 0.1) is 0 Å². The zero-order valence-electron chi connectivity index (χ0n) is 10.8. The van der Waals surface area contributed by atoms with E-state index in [-0.39, 0.29) is 6.04 Å². The number of rotatable bonds is 5. The van der Waals surface area contributed by atoms with Gasteiger partial charge in [0.15, 0.2) is 5.65 Å². The fourth-order valence-electron chi connectivity index (χ4n) is 2.10. The highest BCUT2D eigenvalue weighted by atomic mass is 16.3. The van der Waals surface area contributed by atoms with Gasteiger partial charge in [-0.3, -0.25) is 4.40 Å². The Kier molecular flexibility index (Phi) is 3.29. The monoisotopic (exact) mass is 256 g/mol. The first-order valence-electron chi connectivity index (χ1n) is 6.40. The van der Waals surface area contributed by atoms with Gasteiger partial charge < -0.3 is 9.73 Å². The molecule has 5 nitrogen and oxygen atoms in total. The van der Waals surface area contributed by atoms with Crippen molar-refractivity contribution in [3.8, 4) is 0 Å². The lowest BCUT2D eigenvalue weighted by Gasteiger charge is -2.10. The molecule has 0 fully saturated rings. The van der Waals surface area contributed by atoms with E-state index in [1.165, 1.54) is 0 Å². The molecule has 0 saturated heterocycles. The van der Waals surface area contributed by atoms with Gasteiger partial charge >= 0.3 is 0 Å². The minimum absolute atomic E-state index is 0.203. The Labute approximate surface area is 111 Å². The summed E-state index contributed by atoms with van der Waals surface area (Å²) in [5.74, 6) is 1.92. The number of hydrogen-bond acceptors (Lipinski definition) is 4. The third kappa shape index (κ3) is 2.51. The van der Waals surface area contributed by atoms with Gasteiger partial charge in [-0.2, -0.15) is 0 Å². The Hall–Kier alpha value is -2.14. The lowest BCUT2D eigenvalue weighted by molar-refractivity contribution is 0.431. The largest absolute Gasteiger partial charge is 0.468 e. The van der Waals surface area contributed by atoms with E-state index in [2.05, 4.69) is 22.4 Å². The van der Waals surface area contributed by atoms with Gasteiger partial charge in [0.2, 0.25) is 0 Å². The van der Waals surface area contributed by atoms with Crippen molar-refractivity contribution in [1.29, 1.82) is 0 Å². The molecule has 5 heteroatoms. The number of fused-ring (bicyclic) bond motifs is 1. The highest BCUT2D eigenvalue weighted by Crippen LogP contribution is 2.12. The fraction of sp³-hybridized carbons (Fsp3) is 0.286. The number of nitrogens with one attached hydrogen (secondary N) is 1. The summed E-state index contributed by atoms with van der Waals surface area (Å²) in [6.45, 7) is 2.91. The summed E-state index contributed by atoms with van der Waals surface area (Å²) in [5.41, 5.74) is 0.886. The predicted octanol–water partition coefficient (Wildman–Crippen LogP) is 2.22. The van der Waals surface area contributed by atoms with Gasteiger partial charge in [0.05, 0.1) is 12.3 Å². The molecular formula is C14H16N4O. The van der Waals surface area contributed by atoms with E-state index in [1.807, 2.05) is 40.9 Å². The van der Waals surface area contributed by atoms with Crippen molar-refractivity contribution in [3.05, 3.63) is 54.4 Å². The van der Waals surface area contributed by atoms with E-state index >= 15 is 0 Å². The average molecular weight is 256 g/mol. The van der Waals surface area contributed by atoms with Gasteiger partial charge in [-0.1, -0.05) is 6.07 Å². The van der Waals surface area contributed by atoms with E-state index in [0.29, 0.717) is 0 Å². The van der Waals surface area contributed by atoms with Crippen molar-refractivity contribution in [2.75, 3.05) is 6.54 Å². The van der Waals surface area contributed by atoms with Gasteiger partial charge in [-0.05, 0) is 31.2 Å². The number of pyridine rings is 1. The summed E-state index contributed by atoms with van der Waals surface area (Å²) in [5, 5.41) is 11.8. The summed E-state index contributed by atoms with van der Waals surface area (Å²) >= 11 is 0. The Bertz CT molecular complexity index is 644. The first kappa shape index (κ1) is 11.9. The fourth-order valence-corrected chi connectivity index (χ4v) is 2.10. The minimum atomic E-state index is 0.203. The van der Waals surface area contributed by atoms with Crippen LogP contribution in [0.5, 0.6) is 0 Å². The lowest BCUT2D eigenvalue weighted by atomic mass is 10.2. The van der Waals surface area contributed by atoms with Crippen LogP contribution in [0.3, 0.4) is 0 Å². The third-order valence-electron chi connectivity index (χ3n) is 3.15. The smallest absolute Gasteiger partial charge is 0.160 e. The van der Waals surface area contributed by atoms with E-state index in [9.17, 15) is 0 Å². The van der Waals surface area contributed by atoms with Crippen molar-refractivity contribution in [3.63, 3.8) is 0 Å². The number of hydrogen-bond donors (Lipinski definition) is 1. The molecule has 1 unspecified atom stereocenters. The Morgan fingerprint density at radius 2 is 2.21 bits per heavy atom. The molecule has 3 heterocycles. The normalized spacial score (nSPS) is 12.9. The van der Waals surface area contributed by atoms with Gasteiger partial charge in [0.1, 0.15) is 11.6 Å². The lowest BCUT2D eigenvalue weighted by Crippen LogP contribution is -2.21. The number of nitrogens with zero attached hydrogens (tertiary/aromatic N) is 3. The zero-order valence-corrected chi connectivity index (χ0v) is 10.8. The van der Waals surface area contributed by atoms with Crippen LogP contribution in [0.1, 0.15) is 24.6 Å². The van der Waals surface area contributed by atoms with Crippen LogP contribution in [0.4, 0.5) is 0 Å². The molecule has 3 aromatic rings. The molecule has 98 valence electrons. The summed E-state index contributed by atoms with van der Waals surface area (Å²) in [6, 6.07) is 9.98. The summed E-state index contributed by atoms with van der Waals surface area (Å²) in [4.78, 5) is 0. The first-order chi connectivity index (χ1) is 9.34. The Balaban J connectivity index is 1.61. The van der Waals surface area contributed by atoms with E-state index in [4.69, 9.17) is 4.42 Å². The van der Waals surface area contributed by atoms with Crippen LogP contribution in [-0.2, 0) is 6.42 Å². The maximum absolute atomic E-state index is 5.36. The Morgan fingerprint density at radius 3 is 3.05 bits per heavy atom. The molecule has 0 aromatic carbocycles. The molecule has 1 N–H and O–H groups in total.